The van der Waals surface area contributed by atoms with Crippen LogP contribution in [0.1, 0.15) is 18.2 Å². The molecular formula is C12H18N2O3S. The van der Waals surface area contributed by atoms with Gasteiger partial charge in [-0.3, -0.25) is 4.79 Å². The number of nitrogens with one attached hydrogen (secondary N) is 2. The van der Waals surface area contributed by atoms with E-state index in [1.54, 1.807) is 18.3 Å². The molecule has 0 aliphatic rings. The third kappa shape index (κ3) is 6.24. The Morgan fingerprint density at radius 1 is 1.44 bits per heavy atom. The van der Waals surface area contributed by atoms with Crippen LogP contribution in [0.3, 0.4) is 0 Å². The van der Waals surface area contributed by atoms with Crippen molar-refractivity contribution in [3.8, 4) is 0 Å². The molecule has 0 aliphatic carbocycles. The van der Waals surface area contributed by atoms with E-state index in [0.717, 1.165) is 6.42 Å². The fourth-order valence-electron chi connectivity index (χ4n) is 1.45. The summed E-state index contributed by atoms with van der Waals surface area (Å²) in [6, 6.07) is 3.76. The van der Waals surface area contributed by atoms with E-state index in [0.29, 0.717) is 13.1 Å². The highest BCUT2D eigenvalue weighted by atomic mass is 32.1. The molecule has 0 fully saturated rings. The Hall–Kier alpha value is -1.56. The van der Waals surface area contributed by atoms with E-state index in [2.05, 4.69) is 10.6 Å². The summed E-state index contributed by atoms with van der Waals surface area (Å²) >= 11 is 1.66. The second-order valence-electron chi connectivity index (χ2n) is 4.17. The van der Waals surface area contributed by atoms with Gasteiger partial charge in [-0.2, -0.15) is 0 Å². The van der Waals surface area contributed by atoms with Gasteiger partial charge in [-0.1, -0.05) is 13.0 Å². The highest BCUT2D eigenvalue weighted by Gasteiger charge is 2.08. The number of carboxylic acids is 1. The molecule has 0 saturated carbocycles. The molecule has 1 unspecified atom stereocenters. The number of carbonyl (C=O) groups excluding carboxylic acids is 1. The van der Waals surface area contributed by atoms with Gasteiger partial charge in [0.15, 0.2) is 0 Å². The monoisotopic (exact) mass is 270 g/mol. The Kier molecular flexibility index (Phi) is 6.21. The lowest BCUT2D eigenvalue weighted by molar-refractivity contribution is -0.137. The van der Waals surface area contributed by atoms with Crippen LogP contribution in [0.4, 0.5) is 4.79 Å². The molecule has 5 nitrogen and oxygen atoms in total. The third-order valence-corrected chi connectivity index (χ3v) is 3.31. The second-order valence-corrected chi connectivity index (χ2v) is 5.20. The second kappa shape index (κ2) is 7.71. The summed E-state index contributed by atoms with van der Waals surface area (Å²) in [7, 11) is 0. The summed E-state index contributed by atoms with van der Waals surface area (Å²) in [5.74, 6) is -0.909. The van der Waals surface area contributed by atoms with Crippen LogP contribution < -0.4 is 10.6 Å². The fraction of sp³-hybridized carbons (Fsp3) is 0.500. The molecule has 0 bridgehead atoms. The molecule has 0 radical (unpaired) electrons. The van der Waals surface area contributed by atoms with E-state index in [4.69, 9.17) is 5.11 Å². The van der Waals surface area contributed by atoms with Gasteiger partial charge in [-0.25, -0.2) is 4.79 Å². The zero-order valence-electron chi connectivity index (χ0n) is 10.3. The summed E-state index contributed by atoms with van der Waals surface area (Å²) in [5.41, 5.74) is 0. The van der Waals surface area contributed by atoms with E-state index in [-0.39, 0.29) is 18.4 Å². The average Bonchev–Trinajstić information content (AvgIpc) is 2.78. The first kappa shape index (κ1) is 14.5. The Labute approximate surface area is 110 Å². The Balaban J connectivity index is 2.08. The molecule has 1 heterocycles. The van der Waals surface area contributed by atoms with E-state index in [1.165, 1.54) is 4.88 Å². The summed E-state index contributed by atoms with van der Waals surface area (Å²) in [5, 5.41) is 16.0. The lowest BCUT2D eigenvalue weighted by atomic mass is 10.1. The van der Waals surface area contributed by atoms with Crippen LogP contribution in [0.15, 0.2) is 17.5 Å². The summed E-state index contributed by atoms with van der Waals surface area (Å²) in [6.45, 7) is 2.75. The van der Waals surface area contributed by atoms with Crippen molar-refractivity contribution in [3.63, 3.8) is 0 Å². The number of amides is 2. The van der Waals surface area contributed by atoms with Crippen LogP contribution in [-0.4, -0.2) is 30.2 Å². The van der Waals surface area contributed by atoms with Crippen molar-refractivity contribution >= 4 is 23.3 Å². The molecule has 1 atom stereocenters. The van der Waals surface area contributed by atoms with Gasteiger partial charge in [0, 0.05) is 24.4 Å². The van der Waals surface area contributed by atoms with Gasteiger partial charge in [0.25, 0.3) is 0 Å². The molecule has 1 rings (SSSR count). The lowest BCUT2D eigenvalue weighted by Crippen LogP contribution is -2.39. The van der Waals surface area contributed by atoms with Gasteiger partial charge < -0.3 is 15.7 Å². The number of urea groups is 1. The lowest BCUT2D eigenvalue weighted by Gasteiger charge is -2.11. The molecule has 18 heavy (non-hydrogen) atoms. The van der Waals surface area contributed by atoms with Crippen molar-refractivity contribution in [3.05, 3.63) is 22.4 Å². The van der Waals surface area contributed by atoms with E-state index in [1.807, 2.05) is 17.5 Å². The topological polar surface area (TPSA) is 78.4 Å². The van der Waals surface area contributed by atoms with Crippen molar-refractivity contribution in [1.29, 1.82) is 0 Å². The van der Waals surface area contributed by atoms with E-state index < -0.39 is 5.97 Å². The highest BCUT2D eigenvalue weighted by Crippen LogP contribution is 2.07. The number of hydrogen-bond acceptors (Lipinski definition) is 3. The Morgan fingerprint density at radius 3 is 2.83 bits per heavy atom. The quantitative estimate of drug-likeness (QED) is 0.705. The molecule has 1 aromatic heterocycles. The third-order valence-electron chi connectivity index (χ3n) is 2.37. The first-order chi connectivity index (χ1) is 8.58. The number of hydrogen-bond donors (Lipinski definition) is 3. The SMILES string of the molecule is CC(CNC(=O)NCCc1cccs1)CC(=O)O. The molecule has 6 heteroatoms. The molecule has 0 aliphatic heterocycles. The number of carbonyl (C=O) groups is 2. The van der Waals surface area contributed by atoms with Crippen molar-refractivity contribution in [2.75, 3.05) is 13.1 Å². The zero-order valence-corrected chi connectivity index (χ0v) is 11.1. The summed E-state index contributed by atoms with van der Waals surface area (Å²) < 4.78 is 0. The predicted octanol–water partition coefficient (Wildman–Crippen LogP) is 1.70. The van der Waals surface area contributed by atoms with Gasteiger partial charge in [-0.05, 0) is 23.8 Å². The smallest absolute Gasteiger partial charge is 0.314 e. The maximum absolute atomic E-state index is 11.4. The van der Waals surface area contributed by atoms with Gasteiger partial charge in [0.05, 0.1) is 0 Å². The van der Waals surface area contributed by atoms with Crippen molar-refractivity contribution in [2.24, 2.45) is 5.92 Å². The minimum absolute atomic E-state index is 0.0643. The molecule has 0 spiro atoms. The number of rotatable bonds is 7. The average molecular weight is 270 g/mol. The van der Waals surface area contributed by atoms with Gasteiger partial charge in [-0.15, -0.1) is 11.3 Å². The maximum atomic E-state index is 11.4. The predicted molar refractivity (Wildman–Crippen MR) is 70.8 cm³/mol. The Bertz CT molecular complexity index is 379. The molecule has 2 amide bonds. The Morgan fingerprint density at radius 2 is 2.22 bits per heavy atom. The first-order valence-electron chi connectivity index (χ1n) is 5.84. The van der Waals surface area contributed by atoms with Crippen LogP contribution in [0, 0.1) is 5.92 Å². The van der Waals surface area contributed by atoms with Gasteiger partial charge >= 0.3 is 12.0 Å². The van der Waals surface area contributed by atoms with E-state index >= 15 is 0 Å². The van der Waals surface area contributed by atoms with Crippen LogP contribution in [0.25, 0.3) is 0 Å². The van der Waals surface area contributed by atoms with Crippen LogP contribution in [-0.2, 0) is 11.2 Å². The fourth-order valence-corrected chi connectivity index (χ4v) is 2.16. The molecule has 0 saturated heterocycles. The molecule has 0 aromatic carbocycles. The van der Waals surface area contributed by atoms with Crippen molar-refractivity contribution in [1.82, 2.24) is 10.6 Å². The van der Waals surface area contributed by atoms with Crippen molar-refractivity contribution in [2.45, 2.75) is 19.8 Å². The van der Waals surface area contributed by atoms with Crippen LogP contribution in [0.5, 0.6) is 0 Å². The minimum atomic E-state index is -0.845. The standard InChI is InChI=1S/C12H18N2O3S/c1-9(7-11(15)16)8-14-12(17)13-5-4-10-3-2-6-18-10/h2-3,6,9H,4-5,7-8H2,1H3,(H,15,16)(H2,13,14,17). The van der Waals surface area contributed by atoms with Crippen LogP contribution in [0.2, 0.25) is 0 Å². The summed E-state index contributed by atoms with van der Waals surface area (Å²) in [4.78, 5) is 23.1. The molecule has 100 valence electrons. The molecule has 1 aromatic rings. The maximum Gasteiger partial charge on any atom is 0.314 e. The number of thiophene rings is 1. The normalized spacial score (nSPS) is 11.8. The zero-order chi connectivity index (χ0) is 13.4. The molecule has 3 N–H and O–H groups in total. The van der Waals surface area contributed by atoms with Crippen LogP contribution >= 0.6 is 11.3 Å². The minimum Gasteiger partial charge on any atom is -0.481 e. The number of aliphatic carboxylic acids is 1. The molecular weight excluding hydrogens is 252 g/mol. The van der Waals surface area contributed by atoms with Gasteiger partial charge in [0.2, 0.25) is 0 Å². The van der Waals surface area contributed by atoms with E-state index in [9.17, 15) is 9.59 Å². The number of carboxylic acid groups (broad SMARTS) is 1. The largest absolute Gasteiger partial charge is 0.481 e. The van der Waals surface area contributed by atoms with Crippen molar-refractivity contribution < 1.29 is 14.7 Å². The van der Waals surface area contributed by atoms with Gasteiger partial charge in [0.1, 0.15) is 0 Å². The summed E-state index contributed by atoms with van der Waals surface area (Å²) in [6.07, 6.45) is 0.880. The highest BCUT2D eigenvalue weighted by molar-refractivity contribution is 7.09. The first-order valence-corrected chi connectivity index (χ1v) is 6.71.